The van der Waals surface area contributed by atoms with E-state index in [0.29, 0.717) is 26.8 Å². The lowest BCUT2D eigenvalue weighted by atomic mass is 9.98. The SMILES string of the molecule is COC(=O)c1sc(C#CC(C)(C)C)cc1Br.COC(=O)c1sc(C#CC(C)(C)C)cc1Nc1cccn(C)c1=O.Cn1cccc(N)c1=O. The van der Waals surface area contributed by atoms with Crippen molar-refractivity contribution in [3.63, 3.8) is 0 Å². The standard InChI is InChI=1S/C18H20N2O3S.C12H13BrO2S.C6H8N2O/c1-18(2,3)9-8-12-11-14(15(24-12)17(22)23-5)19-13-7-6-10-20(4)16(13)21;1-12(2,3)6-5-8-7-9(13)10(16-8)11(14)15-4;1-8-4-2-3-5(7)6(8)9/h6-7,10-11,19H,1-5H3;7H,1-4H3;2-4H,7H2,1H3. The fourth-order valence-electron chi connectivity index (χ4n) is 3.41. The molecule has 0 aromatic carbocycles. The lowest BCUT2D eigenvalue weighted by Gasteiger charge is -2.07. The molecule has 260 valence electrons. The summed E-state index contributed by atoms with van der Waals surface area (Å²) in [5.41, 5.74) is 5.99. The Morgan fingerprint density at radius 2 is 1.24 bits per heavy atom. The molecule has 0 aliphatic heterocycles. The summed E-state index contributed by atoms with van der Waals surface area (Å²) in [7, 11) is 6.03. The van der Waals surface area contributed by atoms with Gasteiger partial charge in [-0.05, 0) is 93.9 Å². The van der Waals surface area contributed by atoms with Gasteiger partial charge in [-0.1, -0.05) is 23.7 Å². The number of hydrogen-bond acceptors (Lipinski definition) is 10. The van der Waals surface area contributed by atoms with Gasteiger partial charge in [0.15, 0.2) is 0 Å². The summed E-state index contributed by atoms with van der Waals surface area (Å²) in [4.78, 5) is 48.9. The number of carbonyl (C=O) groups excluding carboxylic acids is 2. The first kappa shape index (κ1) is 40.6. The highest BCUT2D eigenvalue weighted by Crippen LogP contribution is 2.30. The van der Waals surface area contributed by atoms with E-state index < -0.39 is 5.97 Å². The van der Waals surface area contributed by atoms with E-state index in [0.717, 1.165) is 14.2 Å². The van der Waals surface area contributed by atoms with Crippen LogP contribution in [0.4, 0.5) is 17.1 Å². The fraction of sp³-hybridized carbons (Fsp3) is 0.333. The number of nitrogens with two attached hydrogens (primary N) is 1. The maximum absolute atomic E-state index is 12.1. The van der Waals surface area contributed by atoms with Crippen molar-refractivity contribution in [2.45, 2.75) is 41.5 Å². The van der Waals surface area contributed by atoms with Crippen molar-refractivity contribution in [3.05, 3.63) is 93.5 Å². The van der Waals surface area contributed by atoms with Gasteiger partial charge < -0.3 is 29.7 Å². The van der Waals surface area contributed by atoms with Crippen LogP contribution in [0.5, 0.6) is 0 Å². The number of pyridine rings is 2. The first-order valence-electron chi connectivity index (χ1n) is 14.8. The molecule has 0 saturated heterocycles. The average molecular weight is 770 g/mol. The second-order valence-electron chi connectivity index (χ2n) is 12.5. The molecular formula is C36H41BrN4O6S2. The molecule has 0 atom stereocenters. The van der Waals surface area contributed by atoms with Gasteiger partial charge in [0.05, 0.1) is 35.3 Å². The van der Waals surface area contributed by atoms with E-state index in [-0.39, 0.29) is 27.9 Å². The van der Waals surface area contributed by atoms with E-state index in [2.05, 4.69) is 49.7 Å². The van der Waals surface area contributed by atoms with Crippen molar-refractivity contribution in [3.8, 4) is 23.7 Å². The van der Waals surface area contributed by atoms with E-state index in [9.17, 15) is 19.2 Å². The van der Waals surface area contributed by atoms with E-state index in [1.807, 2.05) is 47.6 Å². The molecular weight excluding hydrogens is 728 g/mol. The Kier molecular flexibility index (Phi) is 14.7. The Hall–Kier alpha value is -4.56. The number of ether oxygens (including phenoxy) is 2. The lowest BCUT2D eigenvalue weighted by Crippen LogP contribution is -2.18. The number of nitrogen functional groups attached to an aromatic ring is 1. The molecule has 4 rings (SSSR count). The highest BCUT2D eigenvalue weighted by Gasteiger charge is 2.18. The minimum absolute atomic E-state index is 0.0398. The van der Waals surface area contributed by atoms with Crippen LogP contribution < -0.4 is 22.2 Å². The number of aryl methyl sites for hydroxylation is 2. The van der Waals surface area contributed by atoms with Crippen LogP contribution in [0, 0.1) is 34.5 Å². The van der Waals surface area contributed by atoms with Crippen molar-refractivity contribution in [1.82, 2.24) is 9.13 Å². The Morgan fingerprint density at radius 1 is 0.776 bits per heavy atom. The molecule has 0 saturated carbocycles. The zero-order chi connectivity index (χ0) is 37.1. The number of rotatable bonds is 4. The molecule has 4 aromatic heterocycles. The summed E-state index contributed by atoms with van der Waals surface area (Å²) in [5.74, 6) is 11.6. The average Bonchev–Trinajstić information content (AvgIpc) is 3.62. The van der Waals surface area contributed by atoms with Crippen molar-refractivity contribution in [2.75, 3.05) is 25.3 Å². The van der Waals surface area contributed by atoms with Gasteiger partial charge in [0, 0.05) is 41.8 Å². The van der Waals surface area contributed by atoms with Crippen molar-refractivity contribution in [2.24, 2.45) is 24.9 Å². The minimum atomic E-state index is -0.459. The van der Waals surface area contributed by atoms with Crippen LogP contribution in [-0.2, 0) is 23.6 Å². The number of nitrogens with zero attached hydrogens (tertiary/aromatic N) is 2. The van der Waals surface area contributed by atoms with Crippen molar-refractivity contribution in [1.29, 1.82) is 0 Å². The van der Waals surface area contributed by atoms with E-state index in [1.165, 1.54) is 46.0 Å². The lowest BCUT2D eigenvalue weighted by molar-refractivity contribution is 0.0597. The maximum atomic E-state index is 12.1. The van der Waals surface area contributed by atoms with Gasteiger partial charge in [-0.2, -0.15) is 0 Å². The second-order valence-corrected chi connectivity index (χ2v) is 15.4. The Balaban J connectivity index is 0.000000285. The second kappa shape index (κ2) is 17.7. The largest absolute Gasteiger partial charge is 0.465 e. The predicted octanol–water partition coefficient (Wildman–Crippen LogP) is 7.04. The first-order valence-corrected chi connectivity index (χ1v) is 17.2. The smallest absolute Gasteiger partial charge is 0.350 e. The number of nitrogens with one attached hydrogen (secondary N) is 1. The summed E-state index contributed by atoms with van der Waals surface area (Å²) < 4.78 is 13.1. The number of aromatic nitrogens is 2. The molecule has 0 fully saturated rings. The van der Waals surface area contributed by atoms with Crippen LogP contribution in [0.1, 0.15) is 70.6 Å². The highest BCUT2D eigenvalue weighted by atomic mass is 79.9. The topological polar surface area (TPSA) is 135 Å². The molecule has 49 heavy (non-hydrogen) atoms. The molecule has 3 N–H and O–H groups in total. The number of carbonyl (C=O) groups is 2. The van der Waals surface area contributed by atoms with Gasteiger partial charge in [-0.3, -0.25) is 9.59 Å². The fourth-order valence-corrected chi connectivity index (χ4v) is 5.90. The number of hydrogen-bond donors (Lipinski definition) is 2. The number of thiophene rings is 2. The minimum Gasteiger partial charge on any atom is -0.465 e. The zero-order valence-corrected chi connectivity index (χ0v) is 32.5. The molecule has 13 heteroatoms. The Bertz CT molecular complexity index is 2010. The third-order valence-electron chi connectivity index (χ3n) is 5.83. The normalized spacial score (nSPS) is 10.4. The maximum Gasteiger partial charge on any atom is 0.350 e. The Morgan fingerprint density at radius 3 is 1.73 bits per heavy atom. The molecule has 0 bridgehead atoms. The zero-order valence-electron chi connectivity index (χ0n) is 29.2. The predicted molar refractivity (Wildman–Crippen MR) is 203 cm³/mol. The van der Waals surface area contributed by atoms with Crippen molar-refractivity contribution < 1.29 is 19.1 Å². The van der Waals surface area contributed by atoms with Crippen LogP contribution in [0.15, 0.2) is 62.9 Å². The molecule has 4 aromatic rings. The van der Waals surface area contributed by atoms with Gasteiger partial charge in [0.25, 0.3) is 11.1 Å². The third kappa shape index (κ3) is 13.1. The molecule has 0 radical (unpaired) electrons. The highest BCUT2D eigenvalue weighted by molar-refractivity contribution is 9.10. The number of halogens is 1. The molecule has 0 spiro atoms. The number of methoxy groups -OCH3 is 2. The molecule has 0 unspecified atom stereocenters. The van der Waals surface area contributed by atoms with Gasteiger partial charge in [-0.15, -0.1) is 22.7 Å². The summed E-state index contributed by atoms with van der Waals surface area (Å²) >= 11 is 5.90. The van der Waals surface area contributed by atoms with Crippen LogP contribution in [-0.4, -0.2) is 35.3 Å². The van der Waals surface area contributed by atoms with Crippen LogP contribution in [0.3, 0.4) is 0 Å². The molecule has 0 aliphatic carbocycles. The third-order valence-corrected chi connectivity index (χ3v) is 8.78. The summed E-state index contributed by atoms with van der Waals surface area (Å²) in [6, 6.07) is 10.4. The summed E-state index contributed by atoms with van der Waals surface area (Å²) in [5, 5.41) is 3.02. The molecule has 10 nitrogen and oxygen atoms in total. The number of esters is 2. The summed E-state index contributed by atoms with van der Waals surface area (Å²) in [6.07, 6.45) is 3.33. The van der Waals surface area contributed by atoms with E-state index in [1.54, 1.807) is 56.8 Å². The number of anilines is 3. The Labute approximate surface area is 303 Å². The van der Waals surface area contributed by atoms with Gasteiger partial charge in [0.1, 0.15) is 15.4 Å². The van der Waals surface area contributed by atoms with Gasteiger partial charge >= 0.3 is 11.9 Å². The molecule has 0 aliphatic rings. The summed E-state index contributed by atoms with van der Waals surface area (Å²) in [6.45, 7) is 12.2. The van der Waals surface area contributed by atoms with Crippen LogP contribution in [0.25, 0.3) is 0 Å². The molecule has 4 heterocycles. The quantitative estimate of drug-likeness (QED) is 0.167. The van der Waals surface area contributed by atoms with E-state index >= 15 is 0 Å². The van der Waals surface area contributed by atoms with E-state index in [4.69, 9.17) is 10.5 Å². The van der Waals surface area contributed by atoms with Crippen LogP contribution in [0.2, 0.25) is 0 Å². The monoisotopic (exact) mass is 768 g/mol. The first-order chi connectivity index (χ1) is 22.8. The van der Waals surface area contributed by atoms with Crippen LogP contribution >= 0.6 is 38.6 Å². The van der Waals surface area contributed by atoms with Gasteiger partial charge in [-0.25, -0.2) is 9.59 Å². The molecule has 0 amide bonds. The van der Waals surface area contributed by atoms with Gasteiger partial charge in [0.2, 0.25) is 0 Å². The van der Waals surface area contributed by atoms with Crippen molar-refractivity contribution >= 4 is 67.6 Å².